The van der Waals surface area contributed by atoms with Crippen LogP contribution in [-0.4, -0.2) is 9.97 Å². The van der Waals surface area contributed by atoms with E-state index in [-0.39, 0.29) is 51.4 Å². The third-order valence-electron chi connectivity index (χ3n) is 3.05. The van der Waals surface area contributed by atoms with Crippen molar-refractivity contribution in [3.8, 4) is 0 Å². The molecule has 0 unspecified atom stereocenters. The van der Waals surface area contributed by atoms with Crippen LogP contribution in [0, 0.1) is 4.64 Å². The fourth-order valence-corrected chi connectivity index (χ4v) is 4.29. The summed E-state index contributed by atoms with van der Waals surface area (Å²) >= 11 is 12.2. The molecule has 0 saturated heterocycles. The molecule has 17 heavy (non-hydrogen) atoms. The van der Waals surface area contributed by atoms with Crippen molar-refractivity contribution in [1.82, 2.24) is 9.97 Å². The third-order valence-corrected chi connectivity index (χ3v) is 4.74. The quantitative estimate of drug-likeness (QED) is 0.253. The number of aromatic amines is 1. The second-order valence-corrected chi connectivity index (χ2v) is 5.99. The number of hydrogen-bond acceptors (Lipinski definition) is 4. The average molecular weight is 307 g/mol. The molecule has 0 aromatic carbocycles. The van der Waals surface area contributed by atoms with E-state index in [0.717, 1.165) is 21.3 Å². The fourth-order valence-electron chi connectivity index (χ4n) is 2.32. The maximum atomic E-state index is 5.37. The Kier molecular flexibility index (Phi) is 5.17. The Labute approximate surface area is 157 Å². The minimum absolute atomic E-state index is 0. The summed E-state index contributed by atoms with van der Waals surface area (Å²) < 4.78 is 0.773. The smallest absolute Gasteiger partial charge is 0.742 e. The van der Waals surface area contributed by atoms with Crippen LogP contribution in [0.3, 0.4) is 0 Å². The molecule has 0 bridgehead atoms. The van der Waals surface area contributed by atoms with Gasteiger partial charge in [0.2, 0.25) is 0 Å². The van der Waals surface area contributed by atoms with Crippen LogP contribution in [0.15, 0.2) is 5.16 Å². The van der Waals surface area contributed by atoms with Gasteiger partial charge in [-0.3, -0.25) is 0 Å². The normalized spacial score (nSPS) is 15.1. The van der Waals surface area contributed by atoms with Gasteiger partial charge in [0.25, 0.3) is 0 Å². The predicted molar refractivity (Wildman–Crippen MR) is 71.7 cm³/mol. The minimum Gasteiger partial charge on any atom is -0.742 e. The molecule has 0 atom stereocenters. The Morgan fingerprint density at radius 3 is 2.82 bits per heavy atom. The topological polar surface area (TPSA) is 28.7 Å². The zero-order valence-corrected chi connectivity index (χ0v) is 15.3. The first-order valence-electron chi connectivity index (χ1n) is 5.47. The van der Waals surface area contributed by atoms with Crippen LogP contribution >= 0.6 is 23.6 Å². The van der Waals surface area contributed by atoms with Crippen molar-refractivity contribution in [3.05, 3.63) is 15.1 Å². The van der Waals surface area contributed by atoms with E-state index in [0.29, 0.717) is 5.16 Å². The monoisotopic (exact) mass is 306 g/mol. The van der Waals surface area contributed by atoms with Crippen molar-refractivity contribution in [2.45, 2.75) is 37.3 Å². The second-order valence-electron chi connectivity index (χ2n) is 4.12. The molecular formula is C11H11KN2S3. The van der Waals surface area contributed by atoms with E-state index >= 15 is 0 Å². The first-order chi connectivity index (χ1) is 7.75. The van der Waals surface area contributed by atoms with E-state index in [2.05, 4.69) is 9.97 Å². The van der Waals surface area contributed by atoms with Crippen LogP contribution in [0.25, 0.3) is 10.2 Å². The largest absolute Gasteiger partial charge is 1.00 e. The van der Waals surface area contributed by atoms with Gasteiger partial charge in [-0.2, -0.15) is 0 Å². The number of thiophene rings is 1. The zero-order chi connectivity index (χ0) is 11.1. The number of nitrogens with one attached hydrogen (secondary N) is 1. The Bertz CT molecular complexity index is 603. The number of nitrogens with zero attached hydrogens (tertiary/aromatic N) is 1. The standard InChI is InChI=1S/C11H12N2S3.K/c14-9-8-6-4-2-1-3-5-7(6)16-10(8)13-11(15)12-9;/h1-5H2,(H2,12,13,14,15);/q;+1/p-1. The van der Waals surface area contributed by atoms with E-state index in [1.165, 1.54) is 36.1 Å². The number of H-pyrrole nitrogens is 1. The van der Waals surface area contributed by atoms with Gasteiger partial charge in [-0.1, -0.05) is 18.6 Å². The Morgan fingerprint density at radius 1 is 1.24 bits per heavy atom. The molecule has 84 valence electrons. The molecule has 1 aliphatic carbocycles. The van der Waals surface area contributed by atoms with Crippen molar-refractivity contribution >= 4 is 46.4 Å². The van der Waals surface area contributed by atoms with Crippen LogP contribution in [0.1, 0.15) is 29.7 Å². The van der Waals surface area contributed by atoms with Crippen LogP contribution in [0.2, 0.25) is 0 Å². The summed E-state index contributed by atoms with van der Waals surface area (Å²) in [5.41, 5.74) is 1.43. The Hall–Kier alpha value is 1.12. The zero-order valence-electron chi connectivity index (χ0n) is 9.71. The van der Waals surface area contributed by atoms with Gasteiger partial charge < -0.3 is 17.6 Å². The average Bonchev–Trinajstić information content (AvgIpc) is 2.42. The molecule has 0 radical (unpaired) electrons. The molecule has 2 heterocycles. The molecule has 1 aliphatic rings. The Balaban J connectivity index is 0.00000108. The summed E-state index contributed by atoms with van der Waals surface area (Å²) in [4.78, 5) is 9.88. The fraction of sp³-hybridized carbons (Fsp3) is 0.455. The summed E-state index contributed by atoms with van der Waals surface area (Å²) in [7, 11) is 0. The van der Waals surface area contributed by atoms with Crippen molar-refractivity contribution in [1.29, 1.82) is 0 Å². The number of fused-ring (bicyclic) bond motifs is 3. The van der Waals surface area contributed by atoms with E-state index in [1.807, 2.05) is 0 Å². The van der Waals surface area contributed by atoms with E-state index < -0.39 is 0 Å². The number of aromatic nitrogens is 2. The Morgan fingerprint density at radius 2 is 2.00 bits per heavy atom. The van der Waals surface area contributed by atoms with Crippen molar-refractivity contribution in [3.63, 3.8) is 0 Å². The first kappa shape index (κ1) is 14.5. The van der Waals surface area contributed by atoms with Gasteiger partial charge >= 0.3 is 51.4 Å². The molecule has 0 saturated carbocycles. The van der Waals surface area contributed by atoms with E-state index in [9.17, 15) is 0 Å². The second kappa shape index (κ2) is 6.05. The molecule has 0 fully saturated rings. The van der Waals surface area contributed by atoms with Crippen molar-refractivity contribution in [2.24, 2.45) is 0 Å². The predicted octanol–water partition coefficient (Wildman–Crippen LogP) is 0.533. The number of hydrogen-bond donors (Lipinski definition) is 1. The molecule has 6 heteroatoms. The van der Waals surface area contributed by atoms with Crippen LogP contribution in [0.5, 0.6) is 0 Å². The van der Waals surface area contributed by atoms with Gasteiger partial charge in [-0.25, -0.2) is 4.98 Å². The molecule has 0 aliphatic heterocycles. The SMILES string of the molecule is S=c1[nH]c([S-])nc2sc3c(c12)CCCCC3.[K+]. The molecule has 2 aromatic rings. The van der Waals surface area contributed by atoms with Gasteiger partial charge in [0.1, 0.15) is 9.47 Å². The molecule has 0 spiro atoms. The first-order valence-corrected chi connectivity index (χ1v) is 7.10. The molecule has 2 aromatic heterocycles. The summed E-state index contributed by atoms with van der Waals surface area (Å²) in [6.45, 7) is 0. The van der Waals surface area contributed by atoms with Crippen molar-refractivity contribution in [2.75, 3.05) is 0 Å². The summed E-state index contributed by atoms with van der Waals surface area (Å²) in [6, 6.07) is 0. The van der Waals surface area contributed by atoms with Gasteiger partial charge in [0.15, 0.2) is 0 Å². The van der Waals surface area contributed by atoms with Crippen molar-refractivity contribution < 1.29 is 51.4 Å². The summed E-state index contributed by atoms with van der Waals surface area (Å²) in [5, 5.41) is 1.67. The summed E-state index contributed by atoms with van der Waals surface area (Å²) in [6.07, 6.45) is 6.20. The van der Waals surface area contributed by atoms with Gasteiger partial charge in [-0.05, 0) is 36.4 Å². The number of rotatable bonds is 0. The van der Waals surface area contributed by atoms with Crippen LogP contribution < -0.4 is 51.4 Å². The minimum atomic E-state index is 0. The molecule has 1 N–H and O–H groups in total. The molecule has 3 rings (SSSR count). The summed E-state index contributed by atoms with van der Waals surface area (Å²) in [5.74, 6) is 0. The van der Waals surface area contributed by atoms with Gasteiger partial charge in [-0.15, -0.1) is 11.3 Å². The maximum absolute atomic E-state index is 5.37. The van der Waals surface area contributed by atoms with Gasteiger partial charge in [0.05, 0.1) is 0 Å². The van der Waals surface area contributed by atoms with E-state index in [4.69, 9.17) is 24.8 Å². The van der Waals surface area contributed by atoms with E-state index in [1.54, 1.807) is 11.3 Å². The van der Waals surface area contributed by atoms with Crippen LogP contribution in [-0.2, 0) is 25.5 Å². The molecule has 2 nitrogen and oxygen atoms in total. The third kappa shape index (κ3) is 2.84. The molecular weight excluding hydrogens is 295 g/mol. The van der Waals surface area contributed by atoms with Gasteiger partial charge in [0, 0.05) is 10.3 Å². The maximum Gasteiger partial charge on any atom is 1.00 e. The molecule has 0 amide bonds. The van der Waals surface area contributed by atoms with Crippen LogP contribution in [0.4, 0.5) is 0 Å². The number of aryl methyl sites for hydroxylation is 2.